The first-order valence-electron chi connectivity index (χ1n) is 6.96. The summed E-state index contributed by atoms with van der Waals surface area (Å²) in [5.74, 6) is 0.596. The van der Waals surface area contributed by atoms with Gasteiger partial charge in [-0.05, 0) is 42.0 Å². The lowest BCUT2D eigenvalue weighted by Gasteiger charge is -2.07. The van der Waals surface area contributed by atoms with Crippen molar-refractivity contribution in [1.82, 2.24) is 9.88 Å². The van der Waals surface area contributed by atoms with Crippen LogP contribution in [0.5, 0.6) is 0 Å². The van der Waals surface area contributed by atoms with Gasteiger partial charge < -0.3 is 9.88 Å². The van der Waals surface area contributed by atoms with E-state index in [-0.39, 0.29) is 0 Å². The first kappa shape index (κ1) is 11.8. The predicted molar refractivity (Wildman–Crippen MR) is 76.9 cm³/mol. The first-order valence-corrected chi connectivity index (χ1v) is 6.96. The van der Waals surface area contributed by atoms with Gasteiger partial charge in [-0.25, -0.2) is 0 Å². The van der Waals surface area contributed by atoms with Crippen LogP contribution >= 0.6 is 0 Å². The Kier molecular flexibility index (Phi) is 2.90. The van der Waals surface area contributed by atoms with E-state index in [1.165, 1.54) is 34.9 Å². The molecule has 0 saturated heterocycles. The third-order valence-electron chi connectivity index (χ3n) is 3.92. The van der Waals surface area contributed by atoms with Crippen molar-refractivity contribution in [3.05, 3.63) is 35.5 Å². The maximum atomic E-state index is 3.61. The lowest BCUT2D eigenvalue weighted by atomic mass is 10.0. The Morgan fingerprint density at radius 1 is 1.33 bits per heavy atom. The van der Waals surface area contributed by atoms with Crippen LogP contribution in [0.1, 0.15) is 43.7 Å². The van der Waals surface area contributed by atoms with Crippen molar-refractivity contribution in [2.24, 2.45) is 7.05 Å². The molecule has 1 aromatic carbocycles. The van der Waals surface area contributed by atoms with Crippen molar-refractivity contribution >= 4 is 10.9 Å². The second-order valence-corrected chi connectivity index (χ2v) is 5.85. The monoisotopic (exact) mass is 242 g/mol. The Labute approximate surface area is 109 Å². The van der Waals surface area contributed by atoms with E-state index < -0.39 is 0 Å². The van der Waals surface area contributed by atoms with Crippen LogP contribution in [-0.4, -0.2) is 10.6 Å². The summed E-state index contributed by atoms with van der Waals surface area (Å²) in [4.78, 5) is 0. The number of aromatic nitrogens is 1. The van der Waals surface area contributed by atoms with Gasteiger partial charge in [0.2, 0.25) is 0 Å². The van der Waals surface area contributed by atoms with Crippen molar-refractivity contribution in [3.8, 4) is 0 Å². The molecule has 3 rings (SSSR count). The zero-order valence-electron chi connectivity index (χ0n) is 11.5. The molecule has 0 atom stereocenters. The average molecular weight is 242 g/mol. The molecule has 0 unspecified atom stereocenters. The number of hydrogen-bond acceptors (Lipinski definition) is 1. The molecule has 1 saturated carbocycles. The Morgan fingerprint density at radius 3 is 2.78 bits per heavy atom. The molecule has 0 spiro atoms. The van der Waals surface area contributed by atoms with Crippen LogP contribution in [-0.2, 0) is 13.6 Å². The third kappa shape index (κ3) is 2.17. The maximum absolute atomic E-state index is 3.61. The molecule has 0 bridgehead atoms. The lowest BCUT2D eigenvalue weighted by molar-refractivity contribution is 0.689. The molecule has 2 aromatic rings. The Bertz CT molecular complexity index is 562. The summed E-state index contributed by atoms with van der Waals surface area (Å²) in [5, 5.41) is 5.03. The summed E-state index contributed by atoms with van der Waals surface area (Å²) in [5.41, 5.74) is 4.20. The van der Waals surface area contributed by atoms with Gasteiger partial charge >= 0.3 is 0 Å². The summed E-state index contributed by atoms with van der Waals surface area (Å²) in [6.07, 6.45) is 4.97. The van der Waals surface area contributed by atoms with Gasteiger partial charge in [-0.1, -0.05) is 19.9 Å². The molecule has 96 valence electrons. The van der Waals surface area contributed by atoms with E-state index in [1.807, 2.05) is 0 Å². The normalized spacial score (nSPS) is 15.8. The summed E-state index contributed by atoms with van der Waals surface area (Å²) < 4.78 is 2.24. The minimum Gasteiger partial charge on any atom is -0.350 e. The third-order valence-corrected chi connectivity index (χ3v) is 3.92. The predicted octanol–water partition coefficient (Wildman–Crippen LogP) is 3.55. The highest BCUT2D eigenvalue weighted by Crippen LogP contribution is 2.26. The highest BCUT2D eigenvalue weighted by atomic mass is 15.0. The Balaban J connectivity index is 1.97. The zero-order chi connectivity index (χ0) is 12.7. The van der Waals surface area contributed by atoms with E-state index in [1.54, 1.807) is 0 Å². The molecule has 0 aliphatic heterocycles. The summed E-state index contributed by atoms with van der Waals surface area (Å²) in [7, 11) is 2.14. The van der Waals surface area contributed by atoms with E-state index >= 15 is 0 Å². The number of fused-ring (bicyclic) bond motifs is 1. The van der Waals surface area contributed by atoms with Crippen molar-refractivity contribution in [1.29, 1.82) is 0 Å². The first-order chi connectivity index (χ1) is 8.65. The maximum Gasteiger partial charge on any atom is 0.0481 e. The fourth-order valence-corrected chi connectivity index (χ4v) is 2.53. The Hall–Kier alpha value is -1.28. The molecule has 1 N–H and O–H groups in total. The zero-order valence-corrected chi connectivity index (χ0v) is 11.5. The highest BCUT2D eigenvalue weighted by Gasteiger charge is 2.20. The fraction of sp³-hybridized carbons (Fsp3) is 0.500. The van der Waals surface area contributed by atoms with Crippen LogP contribution in [0, 0.1) is 0 Å². The topological polar surface area (TPSA) is 17.0 Å². The van der Waals surface area contributed by atoms with E-state index in [0.29, 0.717) is 5.92 Å². The van der Waals surface area contributed by atoms with Crippen molar-refractivity contribution < 1.29 is 0 Å². The van der Waals surface area contributed by atoms with E-state index in [2.05, 4.69) is 55.2 Å². The molecule has 0 radical (unpaired) electrons. The smallest absolute Gasteiger partial charge is 0.0481 e. The van der Waals surface area contributed by atoms with Gasteiger partial charge in [0.1, 0.15) is 0 Å². The van der Waals surface area contributed by atoms with Gasteiger partial charge in [0.15, 0.2) is 0 Å². The van der Waals surface area contributed by atoms with Gasteiger partial charge in [-0.2, -0.15) is 0 Å². The SMILES string of the molecule is CC(C)c1ccc2c(c1)c(CNC1CC1)cn2C. The largest absolute Gasteiger partial charge is 0.350 e. The summed E-state index contributed by atoms with van der Waals surface area (Å²) in [6, 6.07) is 7.65. The Morgan fingerprint density at radius 2 is 2.11 bits per heavy atom. The number of hydrogen-bond donors (Lipinski definition) is 1. The molecule has 1 heterocycles. The van der Waals surface area contributed by atoms with Crippen LogP contribution in [0.15, 0.2) is 24.4 Å². The minimum absolute atomic E-state index is 0.596. The molecule has 1 aromatic heterocycles. The second-order valence-electron chi connectivity index (χ2n) is 5.85. The summed E-state index contributed by atoms with van der Waals surface area (Å²) >= 11 is 0. The number of benzene rings is 1. The molecule has 1 fully saturated rings. The van der Waals surface area contributed by atoms with Gasteiger partial charge in [0.05, 0.1) is 0 Å². The quantitative estimate of drug-likeness (QED) is 0.867. The van der Waals surface area contributed by atoms with Crippen LogP contribution in [0.25, 0.3) is 10.9 Å². The molecule has 2 nitrogen and oxygen atoms in total. The fourth-order valence-electron chi connectivity index (χ4n) is 2.53. The molecule has 0 amide bonds. The van der Waals surface area contributed by atoms with Gasteiger partial charge in [-0.3, -0.25) is 0 Å². The number of nitrogens with zero attached hydrogens (tertiary/aromatic N) is 1. The van der Waals surface area contributed by atoms with Crippen LogP contribution in [0.2, 0.25) is 0 Å². The van der Waals surface area contributed by atoms with Crippen LogP contribution in [0.4, 0.5) is 0 Å². The van der Waals surface area contributed by atoms with Crippen LogP contribution in [0.3, 0.4) is 0 Å². The van der Waals surface area contributed by atoms with Crippen molar-refractivity contribution in [2.75, 3.05) is 0 Å². The van der Waals surface area contributed by atoms with E-state index in [9.17, 15) is 0 Å². The van der Waals surface area contributed by atoms with Crippen LogP contribution < -0.4 is 5.32 Å². The molecule has 1 aliphatic carbocycles. The second kappa shape index (κ2) is 4.43. The molecular weight excluding hydrogens is 220 g/mol. The van der Waals surface area contributed by atoms with E-state index in [0.717, 1.165) is 12.6 Å². The standard InChI is InChI=1S/C16H22N2/c1-11(2)12-4-7-16-15(8-12)13(10-18(16)3)9-17-14-5-6-14/h4,7-8,10-11,14,17H,5-6,9H2,1-3H3. The average Bonchev–Trinajstić information content (AvgIpc) is 3.12. The molecular formula is C16H22N2. The van der Waals surface area contributed by atoms with Crippen molar-refractivity contribution in [2.45, 2.75) is 45.2 Å². The van der Waals surface area contributed by atoms with Gasteiger partial charge in [0.25, 0.3) is 0 Å². The molecule has 2 heteroatoms. The molecule has 1 aliphatic rings. The van der Waals surface area contributed by atoms with E-state index in [4.69, 9.17) is 0 Å². The van der Waals surface area contributed by atoms with Crippen molar-refractivity contribution in [3.63, 3.8) is 0 Å². The highest BCUT2D eigenvalue weighted by molar-refractivity contribution is 5.84. The molecule has 18 heavy (non-hydrogen) atoms. The lowest BCUT2D eigenvalue weighted by Crippen LogP contribution is -2.14. The minimum atomic E-state index is 0.596. The van der Waals surface area contributed by atoms with Gasteiger partial charge in [-0.15, -0.1) is 0 Å². The number of nitrogens with one attached hydrogen (secondary N) is 1. The van der Waals surface area contributed by atoms with Gasteiger partial charge in [0, 0.05) is 36.7 Å². The number of rotatable bonds is 4. The summed E-state index contributed by atoms with van der Waals surface area (Å²) in [6.45, 7) is 5.52. The number of aryl methyl sites for hydroxylation is 1.